The molecular weight excluding hydrogens is 328 g/mol. The molecule has 0 aliphatic rings. The number of nitrogens with one attached hydrogen (secondary N) is 1. The molecule has 0 aliphatic carbocycles. The Hall–Kier alpha value is -3.34. The summed E-state index contributed by atoms with van der Waals surface area (Å²) in [6.07, 6.45) is 1.48. The third kappa shape index (κ3) is 3.83. The third-order valence-electron chi connectivity index (χ3n) is 4.30. The molecule has 2 amide bonds. The summed E-state index contributed by atoms with van der Waals surface area (Å²) in [6.45, 7) is 1.93. The molecule has 132 valence electrons. The molecule has 1 N–H and O–H groups in total. The van der Waals surface area contributed by atoms with Gasteiger partial charge in [0.05, 0.1) is 12.3 Å². The quantitative estimate of drug-likeness (QED) is 0.745. The molecule has 0 saturated heterocycles. The molecule has 0 aliphatic heterocycles. The van der Waals surface area contributed by atoms with E-state index in [1.165, 1.54) is 6.26 Å². The number of furan rings is 1. The summed E-state index contributed by atoms with van der Waals surface area (Å²) in [6, 6.07) is 19.7. The van der Waals surface area contributed by atoms with Gasteiger partial charge >= 0.3 is 0 Å². The van der Waals surface area contributed by atoms with Gasteiger partial charge in [0.25, 0.3) is 11.8 Å². The Morgan fingerprint density at radius 2 is 1.77 bits per heavy atom. The van der Waals surface area contributed by atoms with E-state index < -0.39 is 0 Å². The lowest BCUT2D eigenvalue weighted by molar-refractivity contribution is 0.0710. The Balaban J connectivity index is 1.74. The van der Waals surface area contributed by atoms with Crippen molar-refractivity contribution in [3.05, 3.63) is 89.9 Å². The van der Waals surface area contributed by atoms with Crippen LogP contribution in [0, 0.1) is 0 Å². The summed E-state index contributed by atoms with van der Waals surface area (Å²) < 4.78 is 5.18. The molecular formula is C21H20N2O3. The normalized spacial score (nSPS) is 11.6. The molecule has 0 unspecified atom stereocenters. The van der Waals surface area contributed by atoms with Crippen LogP contribution in [-0.4, -0.2) is 23.8 Å². The van der Waals surface area contributed by atoms with Gasteiger partial charge in [-0.3, -0.25) is 9.59 Å². The van der Waals surface area contributed by atoms with Crippen LogP contribution in [0.3, 0.4) is 0 Å². The SMILES string of the molecule is C[C@@H](c1cccc(NC(=O)c2ccccc2)c1)N(C)C(=O)c1ccco1. The zero-order chi connectivity index (χ0) is 18.5. The summed E-state index contributed by atoms with van der Waals surface area (Å²) in [4.78, 5) is 26.3. The zero-order valence-corrected chi connectivity index (χ0v) is 14.7. The van der Waals surface area contributed by atoms with Crippen LogP contribution in [0.5, 0.6) is 0 Å². The summed E-state index contributed by atoms with van der Waals surface area (Å²) >= 11 is 0. The van der Waals surface area contributed by atoms with E-state index in [1.54, 1.807) is 36.2 Å². The maximum Gasteiger partial charge on any atom is 0.289 e. The van der Waals surface area contributed by atoms with Gasteiger partial charge in [-0.1, -0.05) is 30.3 Å². The first-order valence-corrected chi connectivity index (χ1v) is 8.33. The Labute approximate surface area is 152 Å². The van der Waals surface area contributed by atoms with Crippen LogP contribution in [-0.2, 0) is 0 Å². The van der Waals surface area contributed by atoms with Crippen molar-refractivity contribution < 1.29 is 14.0 Å². The van der Waals surface area contributed by atoms with E-state index in [1.807, 2.05) is 49.4 Å². The van der Waals surface area contributed by atoms with E-state index in [0.717, 1.165) is 5.56 Å². The maximum absolute atomic E-state index is 12.4. The second kappa shape index (κ2) is 7.70. The summed E-state index contributed by atoms with van der Waals surface area (Å²) in [5.74, 6) is -0.0653. The van der Waals surface area contributed by atoms with E-state index in [2.05, 4.69) is 5.32 Å². The number of benzene rings is 2. The number of anilines is 1. The number of carbonyl (C=O) groups excluding carboxylic acids is 2. The largest absolute Gasteiger partial charge is 0.459 e. The van der Waals surface area contributed by atoms with Crippen molar-refractivity contribution >= 4 is 17.5 Å². The van der Waals surface area contributed by atoms with Crippen LogP contribution in [0.2, 0.25) is 0 Å². The first kappa shape index (κ1) is 17.5. The molecule has 0 spiro atoms. The average molecular weight is 348 g/mol. The van der Waals surface area contributed by atoms with Crippen molar-refractivity contribution in [3.8, 4) is 0 Å². The van der Waals surface area contributed by atoms with Crippen molar-refractivity contribution in [2.24, 2.45) is 0 Å². The number of carbonyl (C=O) groups is 2. The lowest BCUT2D eigenvalue weighted by atomic mass is 10.1. The number of hydrogen-bond acceptors (Lipinski definition) is 3. The van der Waals surface area contributed by atoms with Gasteiger partial charge in [-0.25, -0.2) is 0 Å². The van der Waals surface area contributed by atoms with E-state index in [4.69, 9.17) is 4.42 Å². The maximum atomic E-state index is 12.4. The van der Waals surface area contributed by atoms with Crippen molar-refractivity contribution in [1.82, 2.24) is 4.90 Å². The number of nitrogens with zero attached hydrogens (tertiary/aromatic N) is 1. The molecule has 3 aromatic rings. The number of amides is 2. The fraction of sp³-hybridized carbons (Fsp3) is 0.143. The van der Waals surface area contributed by atoms with Crippen molar-refractivity contribution in [2.45, 2.75) is 13.0 Å². The highest BCUT2D eigenvalue weighted by atomic mass is 16.3. The lowest BCUT2D eigenvalue weighted by Crippen LogP contribution is -2.29. The van der Waals surface area contributed by atoms with Gasteiger partial charge in [-0.05, 0) is 48.9 Å². The molecule has 0 fully saturated rings. The van der Waals surface area contributed by atoms with E-state index in [0.29, 0.717) is 17.0 Å². The van der Waals surface area contributed by atoms with Crippen LogP contribution < -0.4 is 5.32 Å². The molecule has 1 aromatic heterocycles. The van der Waals surface area contributed by atoms with E-state index in [-0.39, 0.29) is 17.9 Å². The van der Waals surface area contributed by atoms with Gasteiger partial charge < -0.3 is 14.6 Å². The first-order valence-electron chi connectivity index (χ1n) is 8.33. The molecule has 26 heavy (non-hydrogen) atoms. The van der Waals surface area contributed by atoms with Crippen LogP contribution in [0.15, 0.2) is 77.4 Å². The molecule has 1 atom stereocenters. The van der Waals surface area contributed by atoms with Crippen LogP contribution in [0.1, 0.15) is 39.4 Å². The van der Waals surface area contributed by atoms with E-state index in [9.17, 15) is 9.59 Å². The van der Waals surface area contributed by atoms with Crippen molar-refractivity contribution in [1.29, 1.82) is 0 Å². The van der Waals surface area contributed by atoms with Crippen molar-refractivity contribution in [2.75, 3.05) is 12.4 Å². The minimum Gasteiger partial charge on any atom is -0.459 e. The monoisotopic (exact) mass is 348 g/mol. The van der Waals surface area contributed by atoms with Crippen LogP contribution >= 0.6 is 0 Å². The highest BCUT2D eigenvalue weighted by Gasteiger charge is 2.21. The third-order valence-corrected chi connectivity index (χ3v) is 4.30. The minimum absolute atomic E-state index is 0.171. The molecule has 5 nitrogen and oxygen atoms in total. The van der Waals surface area contributed by atoms with Crippen LogP contribution in [0.4, 0.5) is 5.69 Å². The molecule has 5 heteroatoms. The highest BCUT2D eigenvalue weighted by Crippen LogP contribution is 2.24. The predicted molar refractivity (Wildman–Crippen MR) is 100 cm³/mol. The van der Waals surface area contributed by atoms with E-state index >= 15 is 0 Å². The predicted octanol–water partition coefficient (Wildman–Crippen LogP) is 4.37. The first-order chi connectivity index (χ1) is 12.6. The fourth-order valence-electron chi connectivity index (χ4n) is 2.64. The molecule has 0 radical (unpaired) electrons. The average Bonchev–Trinajstić information content (AvgIpc) is 3.22. The molecule has 0 saturated carbocycles. The topological polar surface area (TPSA) is 62.6 Å². The Morgan fingerprint density at radius 1 is 1.00 bits per heavy atom. The second-order valence-corrected chi connectivity index (χ2v) is 6.01. The molecule has 0 bridgehead atoms. The summed E-state index contributed by atoms with van der Waals surface area (Å²) in [7, 11) is 1.73. The van der Waals surface area contributed by atoms with Gasteiger partial charge in [-0.15, -0.1) is 0 Å². The fourth-order valence-corrected chi connectivity index (χ4v) is 2.64. The van der Waals surface area contributed by atoms with Gasteiger partial charge in [0.1, 0.15) is 0 Å². The molecule has 2 aromatic carbocycles. The van der Waals surface area contributed by atoms with Gasteiger partial charge in [0, 0.05) is 18.3 Å². The second-order valence-electron chi connectivity index (χ2n) is 6.01. The molecule has 3 rings (SSSR count). The number of rotatable bonds is 5. The number of hydrogen-bond donors (Lipinski definition) is 1. The summed E-state index contributed by atoms with van der Waals surface area (Å²) in [5.41, 5.74) is 2.19. The smallest absolute Gasteiger partial charge is 0.289 e. The van der Waals surface area contributed by atoms with Gasteiger partial charge in [0.2, 0.25) is 0 Å². The Bertz CT molecular complexity index is 889. The standard InChI is InChI=1S/C21H20N2O3/c1-15(23(2)21(25)19-12-7-13-26-19)17-10-6-11-18(14-17)22-20(24)16-8-4-3-5-9-16/h3-15H,1-2H3,(H,22,24)/t15-/m0/s1. The van der Waals surface area contributed by atoms with Crippen LogP contribution in [0.25, 0.3) is 0 Å². The highest BCUT2D eigenvalue weighted by molar-refractivity contribution is 6.04. The van der Waals surface area contributed by atoms with Gasteiger partial charge in [0.15, 0.2) is 5.76 Å². The molecule has 1 heterocycles. The van der Waals surface area contributed by atoms with Crippen molar-refractivity contribution in [3.63, 3.8) is 0 Å². The lowest BCUT2D eigenvalue weighted by Gasteiger charge is -2.25. The summed E-state index contributed by atoms with van der Waals surface area (Å²) in [5, 5.41) is 2.89. The Morgan fingerprint density at radius 3 is 2.46 bits per heavy atom. The Kier molecular flexibility index (Phi) is 5.17. The van der Waals surface area contributed by atoms with Gasteiger partial charge in [-0.2, -0.15) is 0 Å². The zero-order valence-electron chi connectivity index (χ0n) is 14.7. The minimum atomic E-state index is -0.193.